The molecule has 2 aromatic rings. The lowest BCUT2D eigenvalue weighted by Gasteiger charge is -2.09. The summed E-state index contributed by atoms with van der Waals surface area (Å²) >= 11 is 0. The first-order valence-electron chi connectivity index (χ1n) is 6.40. The predicted octanol–water partition coefficient (Wildman–Crippen LogP) is 2.72. The second-order valence-electron chi connectivity index (χ2n) is 4.38. The van der Waals surface area contributed by atoms with Gasteiger partial charge < -0.3 is 14.8 Å². The van der Waals surface area contributed by atoms with Gasteiger partial charge in [-0.3, -0.25) is 0 Å². The number of hydrogen-bond acceptors (Lipinski definition) is 6. The fourth-order valence-corrected chi connectivity index (χ4v) is 1.81. The molecule has 1 heterocycles. The van der Waals surface area contributed by atoms with Crippen molar-refractivity contribution in [2.24, 2.45) is 0 Å². The summed E-state index contributed by atoms with van der Waals surface area (Å²) in [6.07, 6.45) is 0. The molecule has 106 valence electrons. The topological polar surface area (TPSA) is 69.2 Å². The molecular formula is C14H18N4O2. The smallest absolute Gasteiger partial charge is 0.330 e. The fourth-order valence-electron chi connectivity index (χ4n) is 1.81. The number of nitrogens with zero attached hydrogens (tertiary/aromatic N) is 3. The molecule has 0 bridgehead atoms. The van der Waals surface area contributed by atoms with Gasteiger partial charge in [-0.2, -0.15) is 9.97 Å². The molecule has 2 rings (SSSR count). The Bertz CT molecular complexity index is 581. The van der Waals surface area contributed by atoms with Gasteiger partial charge in [0.1, 0.15) is 5.75 Å². The number of ether oxygens (including phenoxy) is 2. The Morgan fingerprint density at radius 1 is 1.00 bits per heavy atom. The van der Waals surface area contributed by atoms with Gasteiger partial charge in [-0.15, -0.1) is 4.98 Å². The van der Waals surface area contributed by atoms with Gasteiger partial charge in [0, 0.05) is 6.54 Å². The number of anilines is 1. The molecule has 0 saturated carbocycles. The average molecular weight is 274 g/mol. The Balaban J connectivity index is 2.29. The Labute approximate surface area is 118 Å². The Hall–Kier alpha value is -2.37. The van der Waals surface area contributed by atoms with Gasteiger partial charge in [-0.1, -0.05) is 6.07 Å². The van der Waals surface area contributed by atoms with E-state index in [0.29, 0.717) is 18.2 Å². The van der Waals surface area contributed by atoms with Gasteiger partial charge in [0.05, 0.1) is 7.11 Å². The summed E-state index contributed by atoms with van der Waals surface area (Å²) in [5.41, 5.74) is 2.24. The second kappa shape index (κ2) is 6.18. The Morgan fingerprint density at radius 3 is 2.25 bits per heavy atom. The van der Waals surface area contributed by atoms with Crippen LogP contribution < -0.4 is 14.8 Å². The van der Waals surface area contributed by atoms with Crippen LogP contribution in [0.15, 0.2) is 18.2 Å². The van der Waals surface area contributed by atoms with Crippen molar-refractivity contribution in [1.82, 2.24) is 15.0 Å². The van der Waals surface area contributed by atoms with E-state index in [4.69, 9.17) is 9.47 Å². The van der Waals surface area contributed by atoms with E-state index >= 15 is 0 Å². The largest absolute Gasteiger partial charge is 0.467 e. The van der Waals surface area contributed by atoms with Crippen molar-refractivity contribution in [1.29, 1.82) is 0 Å². The van der Waals surface area contributed by atoms with Crippen LogP contribution in [0.5, 0.6) is 17.8 Å². The molecule has 20 heavy (non-hydrogen) atoms. The number of aromatic nitrogens is 3. The molecule has 1 aromatic carbocycles. The average Bonchev–Trinajstić information content (AvgIpc) is 2.37. The van der Waals surface area contributed by atoms with Crippen molar-refractivity contribution in [3.05, 3.63) is 29.3 Å². The van der Waals surface area contributed by atoms with Crippen LogP contribution in [0, 0.1) is 13.8 Å². The first kappa shape index (κ1) is 14.0. The lowest BCUT2D eigenvalue weighted by atomic mass is 10.1. The molecule has 0 spiro atoms. The molecule has 1 N–H and O–H groups in total. The quantitative estimate of drug-likeness (QED) is 0.904. The van der Waals surface area contributed by atoms with Crippen LogP contribution in [0.1, 0.15) is 18.1 Å². The van der Waals surface area contributed by atoms with Crippen molar-refractivity contribution >= 4 is 5.95 Å². The highest BCUT2D eigenvalue weighted by molar-refractivity contribution is 5.35. The Morgan fingerprint density at radius 2 is 1.65 bits per heavy atom. The highest BCUT2D eigenvalue weighted by Crippen LogP contribution is 2.22. The highest BCUT2D eigenvalue weighted by atomic mass is 16.5. The lowest BCUT2D eigenvalue weighted by molar-refractivity contribution is 0.360. The van der Waals surface area contributed by atoms with Crippen LogP contribution in [0.2, 0.25) is 0 Å². The molecule has 1 aromatic heterocycles. The summed E-state index contributed by atoms with van der Waals surface area (Å²) in [5.74, 6) is 1.12. The van der Waals surface area contributed by atoms with Crippen molar-refractivity contribution in [3.8, 4) is 17.8 Å². The van der Waals surface area contributed by atoms with E-state index < -0.39 is 0 Å². The molecule has 6 heteroatoms. The molecular weight excluding hydrogens is 256 g/mol. The minimum Gasteiger partial charge on any atom is -0.467 e. The maximum atomic E-state index is 5.69. The fraction of sp³-hybridized carbons (Fsp3) is 0.357. The van der Waals surface area contributed by atoms with E-state index in [2.05, 4.69) is 26.3 Å². The summed E-state index contributed by atoms with van der Waals surface area (Å²) in [6.45, 7) is 6.69. The number of nitrogens with one attached hydrogen (secondary N) is 1. The number of rotatable bonds is 5. The zero-order valence-electron chi connectivity index (χ0n) is 12.1. The summed E-state index contributed by atoms with van der Waals surface area (Å²) < 4.78 is 10.7. The van der Waals surface area contributed by atoms with E-state index in [0.717, 1.165) is 11.1 Å². The number of hydrogen-bond donors (Lipinski definition) is 1. The van der Waals surface area contributed by atoms with Crippen LogP contribution in [-0.4, -0.2) is 28.6 Å². The van der Waals surface area contributed by atoms with Crippen LogP contribution in [0.3, 0.4) is 0 Å². The standard InChI is InChI=1S/C14H18N4O2/c1-5-15-12-16-13(19-4)18-14(17-12)20-11-7-9(2)6-10(3)8-11/h6-8H,5H2,1-4H3,(H,15,16,17,18). The molecule has 6 nitrogen and oxygen atoms in total. The van der Waals surface area contributed by atoms with Crippen LogP contribution >= 0.6 is 0 Å². The van der Waals surface area contributed by atoms with Crippen molar-refractivity contribution in [2.45, 2.75) is 20.8 Å². The zero-order chi connectivity index (χ0) is 14.5. The molecule has 0 unspecified atom stereocenters. The molecule has 0 aliphatic carbocycles. The molecule has 0 aliphatic rings. The minimum absolute atomic E-state index is 0.206. The lowest BCUT2D eigenvalue weighted by Crippen LogP contribution is -2.06. The third-order valence-electron chi connectivity index (χ3n) is 2.52. The molecule has 0 aliphatic heterocycles. The van der Waals surface area contributed by atoms with Gasteiger partial charge in [0.2, 0.25) is 5.95 Å². The monoisotopic (exact) mass is 274 g/mol. The second-order valence-corrected chi connectivity index (χ2v) is 4.38. The highest BCUT2D eigenvalue weighted by Gasteiger charge is 2.09. The molecule has 0 radical (unpaired) electrons. The van der Waals surface area contributed by atoms with E-state index in [1.807, 2.05) is 32.9 Å². The normalized spacial score (nSPS) is 10.2. The van der Waals surface area contributed by atoms with Crippen LogP contribution in [0.4, 0.5) is 5.95 Å². The summed E-state index contributed by atoms with van der Waals surface area (Å²) in [4.78, 5) is 12.4. The maximum absolute atomic E-state index is 5.69. The molecule has 0 saturated heterocycles. The SMILES string of the molecule is CCNc1nc(OC)nc(Oc2cc(C)cc(C)c2)n1. The van der Waals surface area contributed by atoms with Crippen molar-refractivity contribution < 1.29 is 9.47 Å². The summed E-state index contributed by atoms with van der Waals surface area (Å²) in [5, 5.41) is 3.01. The number of benzene rings is 1. The van der Waals surface area contributed by atoms with Gasteiger partial charge in [-0.05, 0) is 44.0 Å². The first-order chi connectivity index (χ1) is 9.60. The van der Waals surface area contributed by atoms with Crippen molar-refractivity contribution in [3.63, 3.8) is 0 Å². The van der Waals surface area contributed by atoms with Gasteiger partial charge in [0.15, 0.2) is 0 Å². The molecule has 0 fully saturated rings. The minimum atomic E-state index is 0.206. The summed E-state index contributed by atoms with van der Waals surface area (Å²) in [6, 6.07) is 6.35. The van der Waals surface area contributed by atoms with Crippen LogP contribution in [-0.2, 0) is 0 Å². The van der Waals surface area contributed by atoms with Crippen molar-refractivity contribution in [2.75, 3.05) is 19.0 Å². The van der Waals surface area contributed by atoms with E-state index in [1.54, 1.807) is 0 Å². The third-order valence-corrected chi connectivity index (χ3v) is 2.52. The zero-order valence-corrected chi connectivity index (χ0v) is 12.1. The number of aryl methyl sites for hydroxylation is 2. The number of methoxy groups -OCH3 is 1. The molecule has 0 atom stereocenters. The maximum Gasteiger partial charge on any atom is 0.330 e. The van der Waals surface area contributed by atoms with E-state index in [-0.39, 0.29) is 12.0 Å². The van der Waals surface area contributed by atoms with Gasteiger partial charge in [0.25, 0.3) is 0 Å². The third kappa shape index (κ3) is 3.57. The van der Waals surface area contributed by atoms with Gasteiger partial charge >= 0.3 is 12.0 Å². The van der Waals surface area contributed by atoms with Gasteiger partial charge in [-0.25, -0.2) is 0 Å². The van der Waals surface area contributed by atoms with E-state index in [9.17, 15) is 0 Å². The van der Waals surface area contributed by atoms with Crippen LogP contribution in [0.25, 0.3) is 0 Å². The predicted molar refractivity (Wildman–Crippen MR) is 76.5 cm³/mol. The van der Waals surface area contributed by atoms with E-state index in [1.165, 1.54) is 7.11 Å². The first-order valence-corrected chi connectivity index (χ1v) is 6.40. The summed E-state index contributed by atoms with van der Waals surface area (Å²) in [7, 11) is 1.51. The Kier molecular flexibility index (Phi) is 4.34. The molecule has 0 amide bonds.